The fourth-order valence-electron chi connectivity index (χ4n) is 1.66. The molecule has 6 nitrogen and oxygen atoms in total. The zero-order valence-electron chi connectivity index (χ0n) is 10.0. The number of nitrogens with two attached hydrogens (primary N) is 1. The third kappa shape index (κ3) is 2.38. The van der Waals surface area contributed by atoms with Crippen molar-refractivity contribution in [3.05, 3.63) is 45.1 Å². The molecule has 3 rings (SSSR count). The molecule has 8 heteroatoms. The van der Waals surface area contributed by atoms with E-state index in [9.17, 15) is 10.1 Å². The van der Waals surface area contributed by atoms with Gasteiger partial charge in [-0.25, -0.2) is 9.97 Å². The summed E-state index contributed by atoms with van der Waals surface area (Å²) in [6.07, 6.45) is 0. The van der Waals surface area contributed by atoms with Crippen LogP contribution in [0.25, 0.3) is 22.0 Å². The second-order valence-electron chi connectivity index (χ2n) is 3.91. The lowest BCUT2D eigenvalue weighted by Gasteiger charge is -1.95. The Morgan fingerprint density at radius 2 is 1.75 bits per heavy atom. The molecule has 2 aromatic heterocycles. The number of nitrogen functional groups attached to an aromatic ring is 1. The Morgan fingerprint density at radius 1 is 1.05 bits per heavy atom. The minimum absolute atomic E-state index is 0.0662. The van der Waals surface area contributed by atoms with Gasteiger partial charge in [0.25, 0.3) is 5.69 Å². The van der Waals surface area contributed by atoms with Crippen molar-refractivity contribution in [2.45, 2.75) is 0 Å². The van der Waals surface area contributed by atoms with Gasteiger partial charge in [0.05, 0.1) is 10.6 Å². The largest absolute Gasteiger partial charge is 0.375 e. The number of aromatic nitrogens is 2. The maximum Gasteiger partial charge on any atom is 0.269 e. The zero-order valence-corrected chi connectivity index (χ0v) is 11.6. The van der Waals surface area contributed by atoms with E-state index < -0.39 is 4.92 Å². The number of nitro groups is 1. The number of benzene rings is 1. The van der Waals surface area contributed by atoms with Crippen molar-refractivity contribution >= 4 is 33.5 Å². The highest BCUT2D eigenvalue weighted by molar-refractivity contribution is 7.15. The number of thiazole rings is 2. The zero-order chi connectivity index (χ0) is 14.1. The van der Waals surface area contributed by atoms with E-state index in [1.807, 2.05) is 10.8 Å². The fraction of sp³-hybridized carbons (Fsp3) is 0. The van der Waals surface area contributed by atoms with Crippen LogP contribution in [-0.4, -0.2) is 14.9 Å². The number of non-ortho nitro benzene ring substituents is 1. The van der Waals surface area contributed by atoms with Crippen LogP contribution in [0.15, 0.2) is 35.0 Å². The van der Waals surface area contributed by atoms with Crippen molar-refractivity contribution in [3.8, 4) is 22.0 Å². The molecule has 100 valence electrons. The van der Waals surface area contributed by atoms with Crippen LogP contribution in [0.3, 0.4) is 0 Å². The summed E-state index contributed by atoms with van der Waals surface area (Å²) in [6.45, 7) is 0. The van der Waals surface area contributed by atoms with Crippen LogP contribution >= 0.6 is 22.7 Å². The van der Waals surface area contributed by atoms with Gasteiger partial charge in [-0.3, -0.25) is 10.1 Å². The van der Waals surface area contributed by atoms with Gasteiger partial charge in [-0.1, -0.05) is 0 Å². The first kappa shape index (κ1) is 12.7. The summed E-state index contributed by atoms with van der Waals surface area (Å²) in [6, 6.07) is 6.31. The topological polar surface area (TPSA) is 94.9 Å². The van der Waals surface area contributed by atoms with E-state index >= 15 is 0 Å². The van der Waals surface area contributed by atoms with E-state index in [0.29, 0.717) is 5.13 Å². The maximum absolute atomic E-state index is 10.6. The molecule has 0 aliphatic heterocycles. The van der Waals surface area contributed by atoms with Crippen LogP contribution in [0, 0.1) is 10.1 Å². The Labute approximate surface area is 121 Å². The molecule has 0 saturated carbocycles. The average molecular weight is 304 g/mol. The minimum Gasteiger partial charge on any atom is -0.375 e. The van der Waals surface area contributed by atoms with Crippen molar-refractivity contribution in [1.29, 1.82) is 0 Å². The second kappa shape index (κ2) is 4.99. The molecule has 1 aromatic carbocycles. The summed E-state index contributed by atoms with van der Waals surface area (Å²) in [7, 11) is 0. The molecule has 0 aliphatic carbocycles. The SMILES string of the molecule is Nc1nc(-c2nc(-c3ccc([N+](=O)[O-])cc3)cs2)cs1. The first-order chi connectivity index (χ1) is 9.63. The predicted octanol–water partition coefficient (Wildman–Crippen LogP) is 3.42. The van der Waals surface area contributed by atoms with Crippen LogP contribution in [0.1, 0.15) is 0 Å². The van der Waals surface area contributed by atoms with Gasteiger partial charge in [0.2, 0.25) is 0 Å². The van der Waals surface area contributed by atoms with Gasteiger partial charge in [0.1, 0.15) is 10.7 Å². The third-order valence-corrected chi connectivity index (χ3v) is 4.16. The molecule has 0 radical (unpaired) electrons. The number of nitro benzene ring substituents is 1. The quantitative estimate of drug-likeness (QED) is 0.591. The van der Waals surface area contributed by atoms with E-state index in [0.717, 1.165) is 22.0 Å². The van der Waals surface area contributed by atoms with Gasteiger partial charge >= 0.3 is 0 Å². The van der Waals surface area contributed by atoms with Gasteiger partial charge in [0.15, 0.2) is 5.13 Å². The normalized spacial score (nSPS) is 10.6. The summed E-state index contributed by atoms with van der Waals surface area (Å²) in [5.74, 6) is 0. The van der Waals surface area contributed by atoms with Crippen LogP contribution in [0.5, 0.6) is 0 Å². The molecule has 3 aromatic rings. The van der Waals surface area contributed by atoms with Crippen LogP contribution < -0.4 is 5.73 Å². The maximum atomic E-state index is 10.6. The number of anilines is 1. The molecule has 0 spiro atoms. The van der Waals surface area contributed by atoms with Crippen molar-refractivity contribution in [3.63, 3.8) is 0 Å². The smallest absolute Gasteiger partial charge is 0.269 e. The molecule has 0 fully saturated rings. The Bertz CT molecular complexity index is 764. The standard InChI is InChI=1S/C12H8N4O2S2/c13-12-15-10(6-20-12)11-14-9(5-19-11)7-1-3-8(4-2-7)16(17)18/h1-6H,(H2,13,15). The van der Waals surface area contributed by atoms with Gasteiger partial charge in [-0.05, 0) is 12.1 Å². The average Bonchev–Trinajstić information content (AvgIpc) is 3.07. The van der Waals surface area contributed by atoms with E-state index in [1.54, 1.807) is 12.1 Å². The van der Waals surface area contributed by atoms with Crippen molar-refractivity contribution in [2.24, 2.45) is 0 Å². The molecular weight excluding hydrogens is 296 g/mol. The molecule has 2 heterocycles. The molecule has 0 aliphatic rings. The highest BCUT2D eigenvalue weighted by Crippen LogP contribution is 2.30. The lowest BCUT2D eigenvalue weighted by molar-refractivity contribution is -0.384. The van der Waals surface area contributed by atoms with Crippen molar-refractivity contribution in [2.75, 3.05) is 5.73 Å². The number of hydrogen-bond donors (Lipinski definition) is 1. The molecule has 0 atom stereocenters. The predicted molar refractivity (Wildman–Crippen MR) is 79.7 cm³/mol. The monoisotopic (exact) mass is 304 g/mol. The Kier molecular flexibility index (Phi) is 3.17. The first-order valence-corrected chi connectivity index (χ1v) is 7.31. The molecule has 0 unspecified atom stereocenters. The van der Waals surface area contributed by atoms with Crippen LogP contribution in [-0.2, 0) is 0 Å². The van der Waals surface area contributed by atoms with Gasteiger partial charge < -0.3 is 5.73 Å². The van der Waals surface area contributed by atoms with E-state index in [-0.39, 0.29) is 5.69 Å². The second-order valence-corrected chi connectivity index (χ2v) is 5.66. The summed E-state index contributed by atoms with van der Waals surface area (Å²) < 4.78 is 0. The van der Waals surface area contributed by atoms with Crippen LogP contribution in [0.2, 0.25) is 0 Å². The lowest BCUT2D eigenvalue weighted by atomic mass is 10.1. The number of nitrogens with zero attached hydrogens (tertiary/aromatic N) is 3. The number of hydrogen-bond acceptors (Lipinski definition) is 7. The molecule has 0 saturated heterocycles. The molecule has 0 amide bonds. The fourth-order valence-corrected chi connectivity index (χ4v) is 3.07. The Hall–Kier alpha value is -2.32. The minimum atomic E-state index is -0.422. The number of rotatable bonds is 3. The van der Waals surface area contributed by atoms with Crippen LogP contribution in [0.4, 0.5) is 10.8 Å². The molecule has 20 heavy (non-hydrogen) atoms. The Morgan fingerprint density at radius 3 is 2.35 bits per heavy atom. The molecule has 2 N–H and O–H groups in total. The van der Waals surface area contributed by atoms with E-state index in [4.69, 9.17) is 5.73 Å². The van der Waals surface area contributed by atoms with Gasteiger partial charge in [-0.2, -0.15) is 0 Å². The highest BCUT2D eigenvalue weighted by Gasteiger charge is 2.11. The third-order valence-electron chi connectivity index (χ3n) is 2.62. The summed E-state index contributed by atoms with van der Waals surface area (Å²) in [5, 5.41) is 15.7. The molecular formula is C12H8N4O2S2. The Balaban J connectivity index is 1.91. The van der Waals surface area contributed by atoms with Gasteiger partial charge in [-0.15, -0.1) is 22.7 Å². The van der Waals surface area contributed by atoms with E-state index in [1.165, 1.54) is 34.8 Å². The lowest BCUT2D eigenvalue weighted by Crippen LogP contribution is -1.87. The van der Waals surface area contributed by atoms with Gasteiger partial charge in [0, 0.05) is 28.5 Å². The van der Waals surface area contributed by atoms with Crippen molar-refractivity contribution in [1.82, 2.24) is 9.97 Å². The summed E-state index contributed by atoms with van der Waals surface area (Å²) in [5.41, 5.74) is 8.03. The first-order valence-electron chi connectivity index (χ1n) is 5.55. The summed E-state index contributed by atoms with van der Waals surface area (Å²) in [4.78, 5) is 18.8. The van der Waals surface area contributed by atoms with E-state index in [2.05, 4.69) is 9.97 Å². The highest BCUT2D eigenvalue weighted by atomic mass is 32.1. The van der Waals surface area contributed by atoms with Crippen molar-refractivity contribution < 1.29 is 4.92 Å². The molecule has 0 bridgehead atoms. The summed E-state index contributed by atoms with van der Waals surface area (Å²) >= 11 is 2.83.